The Bertz CT molecular complexity index is 972. The van der Waals surface area contributed by atoms with Gasteiger partial charge in [0, 0.05) is 6.42 Å². The van der Waals surface area contributed by atoms with Gasteiger partial charge in [0.15, 0.2) is 0 Å². The topological polar surface area (TPSA) is 69.6 Å². The number of amides is 1. The van der Waals surface area contributed by atoms with E-state index in [0.29, 0.717) is 6.42 Å². The Morgan fingerprint density at radius 1 is 0.472 bits per heavy atom. The third kappa shape index (κ3) is 40.6. The third-order valence-electron chi connectivity index (χ3n) is 9.63. The third-order valence-corrected chi connectivity index (χ3v) is 9.63. The van der Waals surface area contributed by atoms with Gasteiger partial charge < -0.3 is 15.5 Å². The summed E-state index contributed by atoms with van der Waals surface area (Å²) in [6.45, 7) is 4.14. The van der Waals surface area contributed by atoms with Gasteiger partial charge in [0.25, 0.3) is 0 Å². The zero-order valence-electron chi connectivity index (χ0n) is 34.8. The smallest absolute Gasteiger partial charge is 0.220 e. The van der Waals surface area contributed by atoms with Gasteiger partial charge in [-0.3, -0.25) is 4.79 Å². The second kappa shape index (κ2) is 44.0. The van der Waals surface area contributed by atoms with Crippen molar-refractivity contribution in [2.45, 2.75) is 212 Å². The minimum atomic E-state index is -0.839. The molecule has 0 aliphatic heterocycles. The van der Waals surface area contributed by atoms with Crippen LogP contribution in [0.4, 0.5) is 0 Å². The first kappa shape index (κ1) is 50.6. The lowest BCUT2D eigenvalue weighted by Gasteiger charge is -2.20. The van der Waals surface area contributed by atoms with Crippen molar-refractivity contribution in [3.05, 3.63) is 85.1 Å². The zero-order chi connectivity index (χ0) is 38.6. The molecular weight excluding hydrogens is 651 g/mol. The highest BCUT2D eigenvalue weighted by Gasteiger charge is 2.17. The summed E-state index contributed by atoms with van der Waals surface area (Å²) >= 11 is 0. The fraction of sp³-hybridized carbons (Fsp3) is 0.694. The van der Waals surface area contributed by atoms with E-state index in [1.54, 1.807) is 6.08 Å². The molecule has 3 N–H and O–H groups in total. The zero-order valence-corrected chi connectivity index (χ0v) is 34.8. The van der Waals surface area contributed by atoms with Crippen molar-refractivity contribution in [3.8, 4) is 0 Å². The number of nitrogens with one attached hydrogen (secondary N) is 1. The predicted octanol–water partition coefficient (Wildman–Crippen LogP) is 14.1. The molecule has 0 spiro atoms. The highest BCUT2D eigenvalue weighted by molar-refractivity contribution is 5.76. The van der Waals surface area contributed by atoms with Gasteiger partial charge in [-0.2, -0.15) is 0 Å². The summed E-state index contributed by atoms with van der Waals surface area (Å²) in [6, 6.07) is -0.623. The molecule has 304 valence electrons. The average molecular weight is 736 g/mol. The monoisotopic (exact) mass is 736 g/mol. The maximum absolute atomic E-state index is 12.3. The molecule has 0 aliphatic carbocycles. The van der Waals surface area contributed by atoms with Crippen LogP contribution in [0.5, 0.6) is 0 Å². The number of hydrogen-bond acceptors (Lipinski definition) is 3. The predicted molar refractivity (Wildman–Crippen MR) is 234 cm³/mol. The van der Waals surface area contributed by atoms with E-state index in [-0.39, 0.29) is 12.5 Å². The van der Waals surface area contributed by atoms with Crippen LogP contribution in [-0.4, -0.2) is 34.9 Å². The Morgan fingerprint density at radius 2 is 0.830 bits per heavy atom. The number of carbonyl (C=O) groups excluding carboxylic acids is 1. The molecule has 0 aromatic rings. The number of hydrogen-bond donors (Lipinski definition) is 3. The first-order valence-electron chi connectivity index (χ1n) is 22.3. The summed E-state index contributed by atoms with van der Waals surface area (Å²) in [7, 11) is 0. The molecule has 0 saturated carbocycles. The molecule has 0 aliphatic rings. The van der Waals surface area contributed by atoms with E-state index in [0.717, 1.165) is 64.2 Å². The van der Waals surface area contributed by atoms with Gasteiger partial charge in [0.05, 0.1) is 18.8 Å². The van der Waals surface area contributed by atoms with E-state index in [9.17, 15) is 15.0 Å². The molecule has 0 saturated heterocycles. The molecule has 53 heavy (non-hydrogen) atoms. The van der Waals surface area contributed by atoms with Crippen molar-refractivity contribution in [1.82, 2.24) is 5.32 Å². The van der Waals surface area contributed by atoms with Crippen molar-refractivity contribution < 1.29 is 15.0 Å². The van der Waals surface area contributed by atoms with Crippen LogP contribution < -0.4 is 5.32 Å². The van der Waals surface area contributed by atoms with E-state index in [1.807, 2.05) is 6.08 Å². The molecule has 1 amide bonds. The van der Waals surface area contributed by atoms with Crippen LogP contribution in [0, 0.1) is 0 Å². The average Bonchev–Trinajstić information content (AvgIpc) is 3.16. The van der Waals surface area contributed by atoms with E-state index >= 15 is 0 Å². The molecule has 0 bridgehead atoms. The number of aliphatic hydroxyl groups is 2. The maximum Gasteiger partial charge on any atom is 0.220 e. The molecule has 2 atom stereocenters. The second-order valence-electron chi connectivity index (χ2n) is 14.7. The Balaban J connectivity index is 3.51. The largest absolute Gasteiger partial charge is 0.394 e. The first-order chi connectivity index (χ1) is 26.2. The molecule has 0 fully saturated rings. The molecule has 0 aromatic carbocycles. The van der Waals surface area contributed by atoms with Crippen LogP contribution in [-0.2, 0) is 4.79 Å². The quantitative estimate of drug-likeness (QED) is 0.0435. The van der Waals surface area contributed by atoms with Crippen molar-refractivity contribution in [3.63, 3.8) is 0 Å². The van der Waals surface area contributed by atoms with Gasteiger partial charge in [-0.1, -0.05) is 208 Å². The second-order valence-corrected chi connectivity index (χ2v) is 14.7. The summed E-state index contributed by atoms with van der Waals surface area (Å²) in [6.07, 6.45) is 64.2. The SMILES string of the molecule is CC/C=C\C/C=C\C/C=C\C/C=C\C/C=C\C/C=C\CCCCCCCCCCCCCCCCC(=O)NC(CO)C(O)/C=C/CCCCCCCC. The number of allylic oxidation sites excluding steroid dienone is 13. The van der Waals surface area contributed by atoms with Crippen LogP contribution in [0.2, 0.25) is 0 Å². The lowest BCUT2D eigenvalue weighted by Crippen LogP contribution is -2.45. The highest BCUT2D eigenvalue weighted by Crippen LogP contribution is 2.14. The Labute approximate surface area is 329 Å². The number of rotatable bonds is 39. The van der Waals surface area contributed by atoms with Crippen molar-refractivity contribution in [2.75, 3.05) is 6.61 Å². The van der Waals surface area contributed by atoms with Gasteiger partial charge in [-0.15, -0.1) is 0 Å². The molecule has 0 radical (unpaired) electrons. The Morgan fingerprint density at radius 3 is 1.25 bits per heavy atom. The lowest BCUT2D eigenvalue weighted by molar-refractivity contribution is -0.123. The Kier molecular flexibility index (Phi) is 42.0. The summed E-state index contributed by atoms with van der Waals surface area (Å²) in [5, 5.41) is 22.8. The molecule has 0 rings (SSSR count). The maximum atomic E-state index is 12.3. The fourth-order valence-electron chi connectivity index (χ4n) is 6.24. The lowest BCUT2D eigenvalue weighted by atomic mass is 10.0. The van der Waals surface area contributed by atoms with Crippen molar-refractivity contribution >= 4 is 5.91 Å². The number of carbonyl (C=O) groups is 1. The molecule has 0 aromatic heterocycles. The fourth-order valence-corrected chi connectivity index (χ4v) is 6.24. The van der Waals surface area contributed by atoms with Crippen molar-refractivity contribution in [1.29, 1.82) is 0 Å². The van der Waals surface area contributed by atoms with Crippen LogP contribution >= 0.6 is 0 Å². The van der Waals surface area contributed by atoms with E-state index in [2.05, 4.69) is 92.1 Å². The summed E-state index contributed by atoms with van der Waals surface area (Å²) in [5.41, 5.74) is 0. The van der Waals surface area contributed by atoms with Crippen molar-refractivity contribution in [2.24, 2.45) is 0 Å². The minimum Gasteiger partial charge on any atom is -0.394 e. The van der Waals surface area contributed by atoms with Gasteiger partial charge in [0.2, 0.25) is 5.91 Å². The van der Waals surface area contributed by atoms with E-state index in [4.69, 9.17) is 0 Å². The van der Waals surface area contributed by atoms with Gasteiger partial charge in [0.1, 0.15) is 0 Å². The minimum absolute atomic E-state index is 0.0719. The summed E-state index contributed by atoms with van der Waals surface area (Å²) < 4.78 is 0. The van der Waals surface area contributed by atoms with E-state index in [1.165, 1.54) is 116 Å². The van der Waals surface area contributed by atoms with Crippen LogP contribution in [0.25, 0.3) is 0 Å². The van der Waals surface area contributed by atoms with E-state index < -0.39 is 12.1 Å². The molecule has 4 nitrogen and oxygen atoms in total. The summed E-state index contributed by atoms with van der Waals surface area (Å²) in [5.74, 6) is -0.0719. The molecule has 4 heteroatoms. The first-order valence-corrected chi connectivity index (χ1v) is 22.3. The molecule has 2 unspecified atom stereocenters. The normalized spacial score (nSPS) is 13.8. The Hall–Kier alpha value is -2.43. The number of unbranched alkanes of at least 4 members (excludes halogenated alkanes) is 20. The van der Waals surface area contributed by atoms with Crippen LogP contribution in [0.15, 0.2) is 85.1 Å². The van der Waals surface area contributed by atoms with Gasteiger partial charge in [-0.05, 0) is 70.6 Å². The van der Waals surface area contributed by atoms with Gasteiger partial charge >= 0.3 is 0 Å². The molecular formula is C49H85NO3. The number of aliphatic hydroxyl groups excluding tert-OH is 2. The summed E-state index contributed by atoms with van der Waals surface area (Å²) in [4.78, 5) is 12.3. The van der Waals surface area contributed by atoms with Gasteiger partial charge in [-0.25, -0.2) is 0 Å². The standard InChI is InChI=1S/C49H85NO3/c1-3-5-7-9-11-13-14-15-16-17-18-19-20-21-22-23-24-25-26-27-28-29-30-31-32-33-34-35-36-37-39-41-43-45-49(53)50-47(46-51)48(52)44-42-40-38-12-10-8-6-4-2/h5,7,11,13,15-16,18-19,21-22,24-25,42,44,47-48,51-52H,3-4,6,8-10,12,14,17,20,23,26-41,43,45-46H2,1-2H3,(H,50,53)/b7-5-,13-11-,16-15-,19-18-,22-21-,25-24-,44-42+. The molecule has 0 heterocycles. The highest BCUT2D eigenvalue weighted by atomic mass is 16.3. The van der Waals surface area contributed by atoms with Crippen LogP contribution in [0.1, 0.15) is 200 Å². The van der Waals surface area contributed by atoms with Crippen LogP contribution in [0.3, 0.4) is 0 Å².